The lowest BCUT2D eigenvalue weighted by molar-refractivity contribution is -0.173. The lowest BCUT2D eigenvalue weighted by Crippen LogP contribution is -2.50. The SMILES string of the molecule is CCOC(C)O[Si](C)(OC(C)OCC)OC(C)OCC. The Morgan fingerprint density at radius 2 is 0.900 bits per heavy atom. The molecule has 20 heavy (non-hydrogen) atoms. The third kappa shape index (κ3) is 9.01. The van der Waals surface area contributed by atoms with E-state index in [0.29, 0.717) is 19.8 Å². The van der Waals surface area contributed by atoms with Gasteiger partial charge in [-0.2, -0.15) is 0 Å². The summed E-state index contributed by atoms with van der Waals surface area (Å²) < 4.78 is 33.6. The van der Waals surface area contributed by atoms with Gasteiger partial charge in [-0.25, -0.2) is 0 Å². The van der Waals surface area contributed by atoms with Crippen molar-refractivity contribution >= 4 is 8.80 Å². The van der Waals surface area contributed by atoms with Gasteiger partial charge in [0, 0.05) is 26.4 Å². The van der Waals surface area contributed by atoms with E-state index in [-0.39, 0.29) is 0 Å². The van der Waals surface area contributed by atoms with Gasteiger partial charge in [-0.1, -0.05) is 0 Å². The van der Waals surface area contributed by atoms with E-state index in [0.717, 1.165) is 0 Å². The Morgan fingerprint density at radius 1 is 0.650 bits per heavy atom. The van der Waals surface area contributed by atoms with Crippen molar-refractivity contribution in [3.63, 3.8) is 0 Å². The summed E-state index contributed by atoms with van der Waals surface area (Å²) in [6.45, 7) is 14.7. The molecule has 0 aromatic rings. The second kappa shape index (κ2) is 10.7. The van der Waals surface area contributed by atoms with Gasteiger partial charge in [0.1, 0.15) is 18.9 Å². The van der Waals surface area contributed by atoms with Gasteiger partial charge >= 0.3 is 8.80 Å². The van der Waals surface area contributed by atoms with Crippen molar-refractivity contribution in [3.05, 3.63) is 0 Å². The number of rotatable bonds is 12. The molecule has 0 fully saturated rings. The summed E-state index contributed by atoms with van der Waals surface area (Å²) in [7, 11) is -2.93. The average Bonchev–Trinajstić information content (AvgIpc) is 2.28. The Balaban J connectivity index is 4.64. The summed E-state index contributed by atoms with van der Waals surface area (Å²) in [5.74, 6) is 0. The lowest BCUT2D eigenvalue weighted by Gasteiger charge is -2.33. The molecule has 0 spiro atoms. The van der Waals surface area contributed by atoms with Crippen LogP contribution in [0.1, 0.15) is 41.5 Å². The summed E-state index contributed by atoms with van der Waals surface area (Å²) in [6.07, 6.45) is -1.21. The molecule has 3 unspecified atom stereocenters. The normalized spacial score (nSPS) is 19.4. The van der Waals surface area contributed by atoms with Crippen LogP contribution in [0.3, 0.4) is 0 Å². The van der Waals surface area contributed by atoms with Crippen molar-refractivity contribution in [1.82, 2.24) is 0 Å². The maximum atomic E-state index is 5.82. The molecule has 0 aliphatic carbocycles. The summed E-state index contributed by atoms with van der Waals surface area (Å²) in [5, 5.41) is 0. The van der Waals surface area contributed by atoms with Gasteiger partial charge in [0.25, 0.3) is 0 Å². The third-order valence-corrected chi connectivity index (χ3v) is 4.62. The topological polar surface area (TPSA) is 55.4 Å². The van der Waals surface area contributed by atoms with Crippen LogP contribution in [0.5, 0.6) is 0 Å². The second-order valence-electron chi connectivity index (χ2n) is 4.28. The van der Waals surface area contributed by atoms with Gasteiger partial charge < -0.3 is 27.5 Å². The molecular formula is C13H30O6Si. The first kappa shape index (κ1) is 20.0. The molecule has 0 saturated carbocycles. The molecule has 7 heteroatoms. The molecule has 0 radical (unpaired) electrons. The first-order valence-electron chi connectivity index (χ1n) is 7.25. The van der Waals surface area contributed by atoms with Gasteiger partial charge in [-0.15, -0.1) is 0 Å². The van der Waals surface area contributed by atoms with Crippen LogP contribution in [-0.2, 0) is 27.5 Å². The quantitative estimate of drug-likeness (QED) is 0.408. The maximum absolute atomic E-state index is 5.82. The van der Waals surface area contributed by atoms with Crippen molar-refractivity contribution in [3.8, 4) is 0 Å². The highest BCUT2D eigenvalue weighted by atomic mass is 28.4. The van der Waals surface area contributed by atoms with Crippen molar-refractivity contribution in [2.24, 2.45) is 0 Å². The zero-order valence-electron chi connectivity index (χ0n) is 13.8. The van der Waals surface area contributed by atoms with Crippen LogP contribution in [0.2, 0.25) is 6.55 Å². The molecule has 0 N–H and O–H groups in total. The largest absolute Gasteiger partial charge is 0.503 e. The van der Waals surface area contributed by atoms with Crippen LogP contribution in [0.15, 0.2) is 0 Å². The van der Waals surface area contributed by atoms with Gasteiger partial charge in [0.05, 0.1) is 0 Å². The Kier molecular flexibility index (Phi) is 10.7. The van der Waals surface area contributed by atoms with Gasteiger partial charge in [0.2, 0.25) is 0 Å². The maximum Gasteiger partial charge on any atom is 0.503 e. The fraction of sp³-hybridized carbons (Fsp3) is 1.00. The molecule has 0 amide bonds. The van der Waals surface area contributed by atoms with E-state index in [1.54, 1.807) is 0 Å². The highest BCUT2D eigenvalue weighted by Crippen LogP contribution is 2.18. The fourth-order valence-corrected chi connectivity index (χ4v) is 3.97. The van der Waals surface area contributed by atoms with Crippen molar-refractivity contribution in [1.29, 1.82) is 0 Å². The van der Waals surface area contributed by atoms with E-state index in [4.69, 9.17) is 27.5 Å². The highest BCUT2D eigenvalue weighted by molar-refractivity contribution is 6.59. The average molecular weight is 310 g/mol. The molecule has 0 rings (SSSR count). The summed E-state index contributed by atoms with van der Waals surface area (Å²) in [4.78, 5) is 0. The molecule has 0 aliphatic rings. The van der Waals surface area contributed by atoms with Gasteiger partial charge in [-0.05, 0) is 41.5 Å². The summed E-state index contributed by atoms with van der Waals surface area (Å²) in [5.41, 5.74) is 0. The number of hydrogen-bond donors (Lipinski definition) is 0. The minimum absolute atomic E-state index is 0.403. The predicted molar refractivity (Wildman–Crippen MR) is 78.1 cm³/mol. The molecular weight excluding hydrogens is 280 g/mol. The molecule has 122 valence electrons. The van der Waals surface area contributed by atoms with E-state index >= 15 is 0 Å². The second-order valence-corrected chi connectivity index (χ2v) is 6.72. The minimum atomic E-state index is -2.93. The van der Waals surface area contributed by atoms with Crippen LogP contribution < -0.4 is 0 Å². The van der Waals surface area contributed by atoms with E-state index in [1.807, 2.05) is 48.1 Å². The van der Waals surface area contributed by atoms with Crippen molar-refractivity contribution in [2.75, 3.05) is 19.8 Å². The van der Waals surface area contributed by atoms with Crippen molar-refractivity contribution < 1.29 is 27.5 Å². The predicted octanol–water partition coefficient (Wildman–Crippen LogP) is 2.75. The standard InChI is InChI=1S/C13H30O6Si/c1-8-14-11(4)17-20(7,18-12(5)15-9-2)19-13(6)16-10-3/h11-13H,8-10H2,1-7H3. The highest BCUT2D eigenvalue weighted by Gasteiger charge is 2.41. The van der Waals surface area contributed by atoms with Crippen LogP contribution in [0.25, 0.3) is 0 Å². The molecule has 0 aromatic carbocycles. The molecule has 3 atom stereocenters. The van der Waals surface area contributed by atoms with E-state index in [1.165, 1.54) is 0 Å². The number of ether oxygens (including phenoxy) is 3. The monoisotopic (exact) mass is 310 g/mol. The lowest BCUT2D eigenvalue weighted by atomic mass is 10.7. The van der Waals surface area contributed by atoms with Crippen LogP contribution in [0, 0.1) is 0 Å². The van der Waals surface area contributed by atoms with Crippen molar-refractivity contribution in [2.45, 2.75) is 67.0 Å². The molecule has 0 bridgehead atoms. The number of hydrogen-bond acceptors (Lipinski definition) is 6. The van der Waals surface area contributed by atoms with Gasteiger partial charge in [0.15, 0.2) is 0 Å². The zero-order chi connectivity index (χ0) is 15.6. The first-order chi connectivity index (χ1) is 9.36. The summed E-state index contributed by atoms with van der Waals surface area (Å²) in [6, 6.07) is 0. The Hall–Kier alpha value is -0.0231. The van der Waals surface area contributed by atoms with Crippen LogP contribution in [-0.4, -0.2) is 47.5 Å². The fourth-order valence-electron chi connectivity index (χ4n) is 1.79. The zero-order valence-corrected chi connectivity index (χ0v) is 14.8. The Bertz CT molecular complexity index is 205. The van der Waals surface area contributed by atoms with Gasteiger partial charge in [-0.3, -0.25) is 0 Å². The van der Waals surface area contributed by atoms with E-state index < -0.39 is 27.7 Å². The molecule has 0 aliphatic heterocycles. The van der Waals surface area contributed by atoms with Crippen LogP contribution in [0.4, 0.5) is 0 Å². The smallest absolute Gasteiger partial charge is 0.354 e. The van der Waals surface area contributed by atoms with E-state index in [9.17, 15) is 0 Å². The molecule has 0 aromatic heterocycles. The molecule has 6 nitrogen and oxygen atoms in total. The Morgan fingerprint density at radius 3 is 1.10 bits per heavy atom. The Labute approximate surface area is 124 Å². The third-order valence-electron chi connectivity index (χ3n) is 2.34. The summed E-state index contributed by atoms with van der Waals surface area (Å²) >= 11 is 0. The minimum Gasteiger partial charge on any atom is -0.354 e. The molecule has 0 saturated heterocycles. The first-order valence-corrected chi connectivity index (χ1v) is 9.47. The molecule has 0 heterocycles. The van der Waals surface area contributed by atoms with E-state index in [2.05, 4.69) is 0 Å². The van der Waals surface area contributed by atoms with Crippen LogP contribution >= 0.6 is 0 Å².